The molecule has 0 radical (unpaired) electrons. The number of aryl methyl sites for hydroxylation is 1. The Labute approximate surface area is 98.5 Å². The molecule has 1 aromatic heterocycles. The number of alkyl halides is 1. The Hall–Kier alpha value is -0.450. The van der Waals surface area contributed by atoms with E-state index in [0.29, 0.717) is 11.9 Å². The summed E-state index contributed by atoms with van der Waals surface area (Å²) in [7, 11) is 0. The maximum atomic E-state index is 9.29. The predicted octanol–water partition coefficient (Wildman–Crippen LogP) is 0.648. The Bertz CT molecular complexity index is 288. The van der Waals surface area contributed by atoms with Crippen LogP contribution in [0.1, 0.15) is 5.56 Å². The van der Waals surface area contributed by atoms with Crippen molar-refractivity contribution in [2.45, 2.75) is 13.5 Å². The Kier molecular flexibility index (Phi) is 4.70. The van der Waals surface area contributed by atoms with E-state index in [0.717, 1.165) is 0 Å². The molecule has 0 spiro atoms. The number of hydrogen-bond acceptors (Lipinski definition) is 2. The first-order valence-electron chi connectivity index (χ1n) is 4.89. The van der Waals surface area contributed by atoms with Crippen molar-refractivity contribution in [3.05, 3.63) is 30.1 Å². The van der Waals surface area contributed by atoms with Gasteiger partial charge in [-0.05, 0) is 12.5 Å². The summed E-state index contributed by atoms with van der Waals surface area (Å²) in [5, 5.41) is 19.2. The highest BCUT2D eigenvalue weighted by Gasteiger charge is 2.32. The largest absolute Gasteiger partial charge is 0.395 e. The quantitative estimate of drug-likeness (QED) is 0.612. The van der Waals surface area contributed by atoms with Crippen molar-refractivity contribution in [2.24, 2.45) is 5.41 Å². The van der Waals surface area contributed by atoms with E-state index < -0.39 is 5.41 Å². The molecule has 0 saturated heterocycles. The molecule has 0 unspecified atom stereocenters. The smallest absolute Gasteiger partial charge is 0.169 e. The molecule has 0 aliphatic rings. The number of nitrogens with zero attached hydrogens (tertiary/aromatic N) is 1. The van der Waals surface area contributed by atoms with E-state index >= 15 is 0 Å². The number of halogens is 1. The highest BCUT2D eigenvalue weighted by molar-refractivity contribution is 9.09. The Balaban J connectivity index is 2.78. The van der Waals surface area contributed by atoms with Crippen LogP contribution in [0.25, 0.3) is 0 Å². The molecule has 0 aliphatic carbocycles. The van der Waals surface area contributed by atoms with E-state index in [9.17, 15) is 10.2 Å². The average molecular weight is 275 g/mol. The molecule has 0 aliphatic heterocycles. The Morgan fingerprint density at radius 1 is 1.27 bits per heavy atom. The van der Waals surface area contributed by atoms with Gasteiger partial charge in [0.05, 0.1) is 18.6 Å². The maximum absolute atomic E-state index is 9.29. The van der Waals surface area contributed by atoms with E-state index in [1.807, 2.05) is 36.0 Å². The molecule has 1 aromatic rings. The second kappa shape index (κ2) is 5.58. The highest BCUT2D eigenvalue weighted by Crippen LogP contribution is 2.18. The summed E-state index contributed by atoms with van der Waals surface area (Å²) < 4.78 is 1.97. The maximum Gasteiger partial charge on any atom is 0.169 e. The van der Waals surface area contributed by atoms with Gasteiger partial charge >= 0.3 is 0 Å². The second-order valence-corrected chi connectivity index (χ2v) is 4.56. The summed E-state index contributed by atoms with van der Waals surface area (Å²) in [5.41, 5.74) is 0.712. The monoisotopic (exact) mass is 274 g/mol. The van der Waals surface area contributed by atoms with Crippen molar-refractivity contribution in [1.82, 2.24) is 0 Å². The third-order valence-corrected chi connectivity index (χ3v) is 3.72. The zero-order chi connectivity index (χ0) is 11.3. The van der Waals surface area contributed by atoms with Crippen LogP contribution in [0.5, 0.6) is 0 Å². The van der Waals surface area contributed by atoms with Crippen molar-refractivity contribution >= 4 is 15.9 Å². The van der Waals surface area contributed by atoms with E-state index in [1.54, 1.807) is 0 Å². The first-order chi connectivity index (χ1) is 7.15. The van der Waals surface area contributed by atoms with Crippen molar-refractivity contribution in [3.8, 4) is 0 Å². The van der Waals surface area contributed by atoms with Gasteiger partial charge in [-0.3, -0.25) is 0 Å². The van der Waals surface area contributed by atoms with Crippen LogP contribution in [-0.2, 0) is 6.54 Å². The highest BCUT2D eigenvalue weighted by atomic mass is 79.9. The molecule has 84 valence electrons. The minimum Gasteiger partial charge on any atom is -0.395 e. The van der Waals surface area contributed by atoms with Crippen LogP contribution in [0.4, 0.5) is 0 Å². The molecule has 4 heteroatoms. The number of hydrogen-bond donors (Lipinski definition) is 2. The molecule has 1 heterocycles. The predicted molar refractivity (Wildman–Crippen MR) is 61.8 cm³/mol. The molecule has 0 amide bonds. The minimum atomic E-state index is -0.486. The molecule has 0 atom stereocenters. The first kappa shape index (κ1) is 12.6. The molecule has 1 rings (SSSR count). The van der Waals surface area contributed by atoms with E-state index in [1.165, 1.54) is 5.56 Å². The van der Waals surface area contributed by atoms with Gasteiger partial charge in [-0.1, -0.05) is 15.9 Å². The molecule has 2 N–H and O–H groups in total. The van der Waals surface area contributed by atoms with Gasteiger partial charge in [0.2, 0.25) is 0 Å². The van der Waals surface area contributed by atoms with Crippen LogP contribution in [0.3, 0.4) is 0 Å². The van der Waals surface area contributed by atoms with Crippen molar-refractivity contribution in [3.63, 3.8) is 0 Å². The van der Waals surface area contributed by atoms with Crippen LogP contribution in [0.15, 0.2) is 24.5 Å². The zero-order valence-electron chi connectivity index (χ0n) is 8.86. The minimum absolute atomic E-state index is 0.0321. The van der Waals surface area contributed by atoms with E-state index in [2.05, 4.69) is 15.9 Å². The van der Waals surface area contributed by atoms with Crippen molar-refractivity contribution < 1.29 is 14.8 Å². The fraction of sp³-hybridized carbons (Fsp3) is 0.545. The lowest BCUT2D eigenvalue weighted by atomic mass is 9.93. The molecular weight excluding hydrogens is 258 g/mol. The first-order valence-corrected chi connectivity index (χ1v) is 6.01. The summed E-state index contributed by atoms with van der Waals surface area (Å²) >= 11 is 3.33. The van der Waals surface area contributed by atoms with Gasteiger partial charge in [0.25, 0.3) is 0 Å². The van der Waals surface area contributed by atoms with Crippen LogP contribution >= 0.6 is 15.9 Å². The lowest BCUT2D eigenvalue weighted by Gasteiger charge is -2.23. The van der Waals surface area contributed by atoms with Gasteiger partial charge in [-0.15, -0.1) is 0 Å². The molecular formula is C11H17BrNO2+. The number of rotatable bonds is 5. The summed E-state index contributed by atoms with van der Waals surface area (Å²) in [5.74, 6) is 0. The third-order valence-electron chi connectivity index (χ3n) is 2.53. The van der Waals surface area contributed by atoms with Crippen molar-refractivity contribution in [2.75, 3.05) is 18.5 Å². The Morgan fingerprint density at radius 2 is 1.80 bits per heavy atom. The lowest BCUT2D eigenvalue weighted by Crippen LogP contribution is -2.48. The zero-order valence-corrected chi connectivity index (χ0v) is 10.4. The molecule has 0 bridgehead atoms. The van der Waals surface area contributed by atoms with Gasteiger partial charge in [-0.25, -0.2) is 4.57 Å². The number of aromatic nitrogens is 1. The van der Waals surface area contributed by atoms with Crippen LogP contribution in [0.2, 0.25) is 0 Å². The van der Waals surface area contributed by atoms with Crippen LogP contribution in [-0.4, -0.2) is 28.8 Å². The molecule has 0 saturated carbocycles. The van der Waals surface area contributed by atoms with Gasteiger partial charge < -0.3 is 10.2 Å². The standard InChI is InChI=1S/C11H17BrNO2/c1-10-2-4-13(5-3-10)7-11(6-12,8-14)9-15/h2-5,14-15H,6-9H2,1H3/q+1. The van der Waals surface area contributed by atoms with E-state index in [4.69, 9.17) is 0 Å². The van der Waals surface area contributed by atoms with Crippen LogP contribution in [0, 0.1) is 12.3 Å². The molecule has 3 nitrogen and oxygen atoms in total. The van der Waals surface area contributed by atoms with Gasteiger partial charge in [0, 0.05) is 17.5 Å². The number of aliphatic hydroxyl groups excluding tert-OH is 2. The normalized spacial score (nSPS) is 11.7. The number of pyridine rings is 1. The van der Waals surface area contributed by atoms with Crippen molar-refractivity contribution in [1.29, 1.82) is 0 Å². The molecule has 15 heavy (non-hydrogen) atoms. The third kappa shape index (κ3) is 3.26. The summed E-state index contributed by atoms with van der Waals surface area (Å²) in [6.07, 6.45) is 3.91. The Morgan fingerprint density at radius 3 is 2.20 bits per heavy atom. The summed E-state index contributed by atoms with van der Waals surface area (Å²) in [4.78, 5) is 0. The van der Waals surface area contributed by atoms with Crippen LogP contribution < -0.4 is 4.57 Å². The topological polar surface area (TPSA) is 44.3 Å². The second-order valence-electron chi connectivity index (χ2n) is 4.00. The summed E-state index contributed by atoms with van der Waals surface area (Å²) in [6.45, 7) is 2.57. The lowest BCUT2D eigenvalue weighted by molar-refractivity contribution is -0.709. The fourth-order valence-corrected chi connectivity index (χ4v) is 1.83. The SMILES string of the molecule is Cc1cc[n+](CC(CO)(CO)CBr)cc1. The van der Waals surface area contributed by atoms with Gasteiger partial charge in [0.1, 0.15) is 0 Å². The average Bonchev–Trinajstić information content (AvgIpc) is 2.29. The fourth-order valence-electron chi connectivity index (χ4n) is 1.30. The van der Waals surface area contributed by atoms with Gasteiger partial charge in [0.15, 0.2) is 18.9 Å². The molecule has 0 aromatic carbocycles. The summed E-state index contributed by atoms with van der Waals surface area (Å²) in [6, 6.07) is 4.02. The molecule has 0 fully saturated rings. The van der Waals surface area contributed by atoms with E-state index in [-0.39, 0.29) is 13.2 Å². The number of aliphatic hydroxyl groups is 2. The van der Waals surface area contributed by atoms with Gasteiger partial charge in [-0.2, -0.15) is 0 Å².